The largest absolute Gasteiger partial charge is 0.306 e. The van der Waals surface area contributed by atoms with Gasteiger partial charge in [0.2, 0.25) is 0 Å². The van der Waals surface area contributed by atoms with Crippen molar-refractivity contribution in [2.45, 2.75) is 12.2 Å². The summed E-state index contributed by atoms with van der Waals surface area (Å²) in [6, 6.07) is 7.39. The first kappa shape index (κ1) is 9.89. The third-order valence-corrected chi connectivity index (χ3v) is 3.05. The molecule has 4 heteroatoms. The molecule has 2 atom stereocenters. The highest BCUT2D eigenvalue weighted by Gasteiger charge is 2.09. The van der Waals surface area contributed by atoms with Crippen LogP contribution in [0.4, 0.5) is 0 Å². The Kier molecular flexibility index (Phi) is 3.43. The molecule has 2 unspecified atom stereocenters. The van der Waals surface area contributed by atoms with Gasteiger partial charge in [-0.2, -0.15) is 0 Å². The lowest BCUT2D eigenvalue weighted by Gasteiger charge is -2.06. The predicted octanol–water partition coefficient (Wildman–Crippen LogP) is 2.73. The van der Waals surface area contributed by atoms with Gasteiger partial charge in [0, 0.05) is 4.47 Å². The lowest BCUT2D eigenvalue weighted by molar-refractivity contribution is 0.554. The molecule has 1 aromatic carbocycles. The third kappa shape index (κ3) is 2.40. The van der Waals surface area contributed by atoms with Gasteiger partial charge < -0.3 is 4.55 Å². The molecule has 0 aliphatic rings. The van der Waals surface area contributed by atoms with Crippen LogP contribution in [0.2, 0.25) is 0 Å². The minimum absolute atomic E-state index is 0.321. The molecular weight excluding hydrogens is 240 g/mol. The molecule has 0 aliphatic carbocycles. The van der Waals surface area contributed by atoms with E-state index in [4.69, 9.17) is 4.55 Å². The zero-order valence-electron chi connectivity index (χ0n) is 6.53. The minimum Gasteiger partial charge on any atom is -0.306 e. The summed E-state index contributed by atoms with van der Waals surface area (Å²) in [6.07, 6.45) is 0. The van der Waals surface area contributed by atoms with Crippen molar-refractivity contribution in [2.24, 2.45) is 0 Å². The van der Waals surface area contributed by atoms with Crippen molar-refractivity contribution >= 4 is 27.0 Å². The average molecular weight is 249 g/mol. The van der Waals surface area contributed by atoms with E-state index in [1.165, 1.54) is 0 Å². The average Bonchev–Trinajstić information content (AvgIpc) is 2.04. The Morgan fingerprint density at radius 2 is 1.92 bits per heavy atom. The van der Waals surface area contributed by atoms with Crippen LogP contribution in [0.5, 0.6) is 0 Å². The summed E-state index contributed by atoms with van der Waals surface area (Å²) >= 11 is 1.51. The second kappa shape index (κ2) is 4.16. The molecule has 1 N–H and O–H groups in total. The van der Waals surface area contributed by atoms with Crippen LogP contribution in [-0.4, -0.2) is 8.76 Å². The number of rotatable bonds is 2. The van der Waals surface area contributed by atoms with E-state index >= 15 is 0 Å². The van der Waals surface area contributed by atoms with Crippen molar-refractivity contribution in [1.29, 1.82) is 0 Å². The van der Waals surface area contributed by atoms with Gasteiger partial charge in [-0.25, -0.2) is 4.21 Å². The third-order valence-electron chi connectivity index (χ3n) is 1.64. The van der Waals surface area contributed by atoms with Gasteiger partial charge in [0.05, 0.1) is 5.25 Å². The summed E-state index contributed by atoms with van der Waals surface area (Å²) in [7, 11) is 0. The van der Waals surface area contributed by atoms with E-state index in [0.29, 0.717) is 0 Å². The van der Waals surface area contributed by atoms with Crippen LogP contribution in [0.25, 0.3) is 0 Å². The summed E-state index contributed by atoms with van der Waals surface area (Å²) < 4.78 is 20.5. The molecule has 0 bridgehead atoms. The lowest BCUT2D eigenvalue weighted by Crippen LogP contribution is -1.99. The van der Waals surface area contributed by atoms with Crippen LogP contribution in [0.15, 0.2) is 28.7 Å². The summed E-state index contributed by atoms with van der Waals surface area (Å²) in [4.78, 5) is 0. The van der Waals surface area contributed by atoms with Gasteiger partial charge in [0.25, 0.3) is 0 Å². The topological polar surface area (TPSA) is 37.3 Å². The fourth-order valence-corrected chi connectivity index (χ4v) is 1.50. The van der Waals surface area contributed by atoms with Gasteiger partial charge in [0.15, 0.2) is 11.1 Å². The molecule has 0 aliphatic heterocycles. The molecule has 66 valence electrons. The first-order valence-corrected chi connectivity index (χ1v) is 5.42. The summed E-state index contributed by atoms with van der Waals surface area (Å²) in [5.74, 6) is 0. The lowest BCUT2D eigenvalue weighted by atomic mass is 10.2. The molecule has 0 saturated heterocycles. The molecule has 0 amide bonds. The summed E-state index contributed by atoms with van der Waals surface area (Å²) in [5, 5.41) is -0.321. The van der Waals surface area contributed by atoms with E-state index in [0.717, 1.165) is 10.0 Å². The molecule has 0 fully saturated rings. The Morgan fingerprint density at radius 3 is 2.33 bits per heavy atom. The van der Waals surface area contributed by atoms with Crippen molar-refractivity contribution in [1.82, 2.24) is 0 Å². The van der Waals surface area contributed by atoms with Gasteiger partial charge in [0.1, 0.15) is 0 Å². The Morgan fingerprint density at radius 1 is 1.42 bits per heavy atom. The highest BCUT2D eigenvalue weighted by atomic mass is 79.9. The second-order valence-electron chi connectivity index (χ2n) is 2.47. The van der Waals surface area contributed by atoms with Gasteiger partial charge in [-0.3, -0.25) is 0 Å². The van der Waals surface area contributed by atoms with E-state index in [-0.39, 0.29) is 5.25 Å². The Balaban J connectivity index is 2.89. The Bertz CT molecular complexity index is 284. The summed E-state index contributed by atoms with van der Waals surface area (Å²) in [6.45, 7) is 1.72. The number of hydrogen-bond acceptors (Lipinski definition) is 1. The summed E-state index contributed by atoms with van der Waals surface area (Å²) in [5.41, 5.74) is 0.874. The monoisotopic (exact) mass is 248 g/mol. The first-order chi connectivity index (χ1) is 5.61. The van der Waals surface area contributed by atoms with Crippen LogP contribution >= 0.6 is 15.9 Å². The fourth-order valence-electron chi connectivity index (χ4n) is 0.850. The standard InChI is InChI=1S/C8H9BrO2S/c1-6(12(10)11)7-2-4-8(9)5-3-7/h2-6H,1H3,(H,10,11). The molecule has 0 saturated carbocycles. The van der Waals surface area contributed by atoms with Crippen LogP contribution in [0.3, 0.4) is 0 Å². The molecular formula is C8H9BrO2S. The predicted molar refractivity (Wildman–Crippen MR) is 53.3 cm³/mol. The number of benzene rings is 1. The van der Waals surface area contributed by atoms with E-state index in [1.807, 2.05) is 24.3 Å². The van der Waals surface area contributed by atoms with Crippen LogP contribution in [0, 0.1) is 0 Å². The SMILES string of the molecule is CC(c1ccc(Br)cc1)S(=O)O. The van der Waals surface area contributed by atoms with E-state index < -0.39 is 11.1 Å². The number of halogens is 1. The van der Waals surface area contributed by atoms with E-state index in [2.05, 4.69) is 15.9 Å². The number of hydrogen-bond donors (Lipinski definition) is 1. The molecule has 1 aromatic rings. The fraction of sp³-hybridized carbons (Fsp3) is 0.250. The molecule has 1 rings (SSSR count). The molecule has 0 heterocycles. The van der Waals surface area contributed by atoms with Crippen molar-refractivity contribution < 1.29 is 8.76 Å². The Hall–Kier alpha value is -0.190. The normalized spacial score (nSPS) is 15.6. The Labute approximate surface area is 82.4 Å². The highest BCUT2D eigenvalue weighted by molar-refractivity contribution is 9.10. The molecule has 0 radical (unpaired) electrons. The molecule has 2 nitrogen and oxygen atoms in total. The van der Waals surface area contributed by atoms with Crippen LogP contribution in [-0.2, 0) is 11.1 Å². The van der Waals surface area contributed by atoms with E-state index in [9.17, 15) is 4.21 Å². The van der Waals surface area contributed by atoms with Crippen molar-refractivity contribution in [3.63, 3.8) is 0 Å². The molecule has 12 heavy (non-hydrogen) atoms. The zero-order valence-corrected chi connectivity index (χ0v) is 8.93. The molecule has 0 aromatic heterocycles. The maximum absolute atomic E-state index is 10.7. The van der Waals surface area contributed by atoms with Crippen molar-refractivity contribution in [2.75, 3.05) is 0 Å². The van der Waals surface area contributed by atoms with Gasteiger partial charge >= 0.3 is 0 Å². The van der Waals surface area contributed by atoms with Crippen LogP contribution in [0.1, 0.15) is 17.7 Å². The smallest absolute Gasteiger partial charge is 0.160 e. The highest BCUT2D eigenvalue weighted by Crippen LogP contribution is 2.20. The van der Waals surface area contributed by atoms with Crippen molar-refractivity contribution in [3.8, 4) is 0 Å². The maximum Gasteiger partial charge on any atom is 0.160 e. The zero-order chi connectivity index (χ0) is 9.14. The van der Waals surface area contributed by atoms with Gasteiger partial charge in [-0.1, -0.05) is 28.1 Å². The van der Waals surface area contributed by atoms with Gasteiger partial charge in [-0.05, 0) is 24.6 Å². The van der Waals surface area contributed by atoms with Gasteiger partial charge in [-0.15, -0.1) is 0 Å². The minimum atomic E-state index is -1.78. The first-order valence-electron chi connectivity index (χ1n) is 3.46. The van der Waals surface area contributed by atoms with E-state index in [1.54, 1.807) is 6.92 Å². The quantitative estimate of drug-likeness (QED) is 0.818. The second-order valence-corrected chi connectivity index (χ2v) is 4.65. The van der Waals surface area contributed by atoms with Crippen LogP contribution < -0.4 is 0 Å². The maximum atomic E-state index is 10.7. The molecule has 0 spiro atoms. The van der Waals surface area contributed by atoms with Crippen molar-refractivity contribution in [3.05, 3.63) is 34.3 Å².